The van der Waals surface area contributed by atoms with Crippen molar-refractivity contribution in [3.05, 3.63) is 93.8 Å². The van der Waals surface area contributed by atoms with Gasteiger partial charge in [0, 0.05) is 48.9 Å². The van der Waals surface area contributed by atoms with Gasteiger partial charge in [-0.3, -0.25) is 14.3 Å². The number of carbonyl (C=O) groups is 2. The molecule has 2 aromatic carbocycles. The Hall–Kier alpha value is -3.38. The number of carbonyl (C=O) groups excluding carboxylic acids is 2. The van der Waals surface area contributed by atoms with Crippen LogP contribution in [0.15, 0.2) is 60.7 Å². The Morgan fingerprint density at radius 2 is 1.87 bits per heavy atom. The molecule has 0 atom stereocenters. The van der Waals surface area contributed by atoms with E-state index in [0.717, 1.165) is 22.4 Å². The van der Waals surface area contributed by atoms with Crippen molar-refractivity contribution < 1.29 is 9.59 Å². The van der Waals surface area contributed by atoms with Gasteiger partial charge in [0.05, 0.1) is 6.54 Å². The van der Waals surface area contributed by atoms with Gasteiger partial charge in [0.15, 0.2) is 5.69 Å². The lowest BCUT2D eigenvalue weighted by molar-refractivity contribution is -0.126. The third-order valence-electron chi connectivity index (χ3n) is 5.35. The molecular formula is C24H23ClN4O2. The highest BCUT2D eigenvalue weighted by Crippen LogP contribution is 2.23. The Balaban J connectivity index is 1.45. The second-order valence-electron chi connectivity index (χ2n) is 7.46. The first kappa shape index (κ1) is 20.9. The van der Waals surface area contributed by atoms with Crippen LogP contribution in [0.2, 0.25) is 5.02 Å². The molecule has 1 aliphatic heterocycles. The molecule has 1 N–H and O–H groups in total. The molecule has 3 aromatic rings. The fourth-order valence-electron chi connectivity index (χ4n) is 3.67. The van der Waals surface area contributed by atoms with E-state index >= 15 is 0 Å². The van der Waals surface area contributed by atoms with Crippen molar-refractivity contribution in [2.24, 2.45) is 7.05 Å². The summed E-state index contributed by atoms with van der Waals surface area (Å²) < 4.78 is 1.74. The summed E-state index contributed by atoms with van der Waals surface area (Å²) in [7, 11) is 1.83. The number of benzene rings is 2. The lowest BCUT2D eigenvalue weighted by atomic mass is 10.0. The maximum absolute atomic E-state index is 12.8. The van der Waals surface area contributed by atoms with Crippen LogP contribution in [0.25, 0.3) is 6.08 Å². The molecule has 7 heteroatoms. The summed E-state index contributed by atoms with van der Waals surface area (Å²) in [5.74, 6) is -0.327. The lowest BCUT2D eigenvalue weighted by Gasteiger charge is -2.26. The van der Waals surface area contributed by atoms with Crippen LogP contribution in [0.5, 0.6) is 0 Å². The van der Waals surface area contributed by atoms with Crippen LogP contribution < -0.4 is 5.32 Å². The first-order valence-corrected chi connectivity index (χ1v) is 10.5. The molecule has 0 fully saturated rings. The average molecular weight is 435 g/mol. The van der Waals surface area contributed by atoms with Gasteiger partial charge in [-0.2, -0.15) is 5.10 Å². The van der Waals surface area contributed by atoms with Crippen LogP contribution in [0.3, 0.4) is 0 Å². The normalized spacial score (nSPS) is 13.3. The molecule has 1 aliphatic rings. The summed E-state index contributed by atoms with van der Waals surface area (Å²) in [6.45, 7) is 1.34. The summed E-state index contributed by atoms with van der Waals surface area (Å²) >= 11 is 5.91. The van der Waals surface area contributed by atoms with Crippen molar-refractivity contribution in [2.75, 3.05) is 6.54 Å². The number of nitrogens with zero attached hydrogens (tertiary/aromatic N) is 3. The van der Waals surface area contributed by atoms with Gasteiger partial charge in [0.25, 0.3) is 5.91 Å². The molecule has 158 valence electrons. The van der Waals surface area contributed by atoms with Gasteiger partial charge in [0.2, 0.25) is 5.91 Å². The smallest absolute Gasteiger partial charge is 0.272 e. The zero-order valence-corrected chi connectivity index (χ0v) is 18.0. The number of rotatable bonds is 5. The van der Waals surface area contributed by atoms with E-state index in [2.05, 4.69) is 10.4 Å². The van der Waals surface area contributed by atoms with Gasteiger partial charge in [-0.1, -0.05) is 54.1 Å². The number of fused-ring (bicyclic) bond motifs is 1. The van der Waals surface area contributed by atoms with E-state index < -0.39 is 0 Å². The Kier molecular flexibility index (Phi) is 6.18. The number of amides is 2. The predicted molar refractivity (Wildman–Crippen MR) is 120 cm³/mol. The van der Waals surface area contributed by atoms with E-state index in [-0.39, 0.29) is 11.8 Å². The molecule has 31 heavy (non-hydrogen) atoms. The maximum atomic E-state index is 12.8. The zero-order valence-electron chi connectivity index (χ0n) is 17.2. The maximum Gasteiger partial charge on any atom is 0.272 e. The Bertz CT molecular complexity index is 1120. The molecule has 0 aliphatic carbocycles. The molecule has 2 heterocycles. The van der Waals surface area contributed by atoms with Gasteiger partial charge in [-0.15, -0.1) is 0 Å². The minimum absolute atomic E-state index is 0.0779. The monoisotopic (exact) mass is 434 g/mol. The molecule has 1 aromatic heterocycles. The topological polar surface area (TPSA) is 67.2 Å². The Labute approximate surface area is 186 Å². The Morgan fingerprint density at radius 1 is 1.13 bits per heavy atom. The molecule has 0 unspecified atom stereocenters. The molecule has 0 radical (unpaired) electrons. The van der Waals surface area contributed by atoms with Crippen molar-refractivity contribution in [1.29, 1.82) is 0 Å². The number of hydrogen-bond acceptors (Lipinski definition) is 3. The highest BCUT2D eigenvalue weighted by Gasteiger charge is 2.28. The van der Waals surface area contributed by atoms with Crippen LogP contribution in [0, 0.1) is 0 Å². The molecule has 0 saturated heterocycles. The first-order chi connectivity index (χ1) is 15.0. The molecular weight excluding hydrogens is 412 g/mol. The Morgan fingerprint density at radius 3 is 2.61 bits per heavy atom. The van der Waals surface area contributed by atoms with Gasteiger partial charge in [0.1, 0.15) is 0 Å². The summed E-state index contributed by atoms with van der Waals surface area (Å²) in [5, 5.41) is 8.00. The third-order valence-corrected chi connectivity index (χ3v) is 5.61. The fraction of sp³-hybridized carbons (Fsp3) is 0.208. The molecule has 4 rings (SSSR count). The SMILES string of the molecule is Cn1nc(C(=O)NCc2ccc(Cl)cc2)c2c1CCN(C(=O)C=Cc1ccccc1)C2. The van der Waals surface area contributed by atoms with Gasteiger partial charge >= 0.3 is 0 Å². The van der Waals surface area contributed by atoms with Crippen LogP contribution in [0.4, 0.5) is 0 Å². The van der Waals surface area contributed by atoms with Crippen LogP contribution in [-0.4, -0.2) is 33.0 Å². The van der Waals surface area contributed by atoms with Crippen molar-refractivity contribution >= 4 is 29.5 Å². The van der Waals surface area contributed by atoms with Crippen molar-refractivity contribution in [2.45, 2.75) is 19.5 Å². The fourth-order valence-corrected chi connectivity index (χ4v) is 3.79. The molecule has 2 amide bonds. The van der Waals surface area contributed by atoms with E-state index in [1.165, 1.54) is 0 Å². The highest BCUT2D eigenvalue weighted by molar-refractivity contribution is 6.30. The summed E-state index contributed by atoms with van der Waals surface area (Å²) in [6, 6.07) is 17.0. The van der Waals surface area contributed by atoms with E-state index in [1.807, 2.05) is 49.5 Å². The number of hydrogen-bond donors (Lipinski definition) is 1. The van der Waals surface area contributed by atoms with Gasteiger partial charge in [-0.05, 0) is 29.3 Å². The lowest BCUT2D eigenvalue weighted by Crippen LogP contribution is -2.36. The van der Waals surface area contributed by atoms with Gasteiger partial charge in [-0.25, -0.2) is 0 Å². The van der Waals surface area contributed by atoms with Crippen LogP contribution in [-0.2, 0) is 31.4 Å². The minimum atomic E-state index is -0.249. The molecule has 6 nitrogen and oxygen atoms in total. The third kappa shape index (κ3) is 4.86. The quantitative estimate of drug-likeness (QED) is 0.624. The predicted octanol–water partition coefficient (Wildman–Crippen LogP) is 3.60. The van der Waals surface area contributed by atoms with Crippen LogP contribution >= 0.6 is 11.6 Å². The summed E-state index contributed by atoms with van der Waals surface area (Å²) in [4.78, 5) is 27.3. The standard InChI is InChI=1S/C24H23ClN4O2/c1-28-21-13-14-29(22(30)12-9-17-5-3-2-4-6-17)16-20(21)23(27-28)24(31)26-15-18-7-10-19(25)11-8-18/h2-12H,13-16H2,1H3,(H,26,31). The highest BCUT2D eigenvalue weighted by atomic mass is 35.5. The van der Waals surface area contributed by atoms with Crippen LogP contribution in [0.1, 0.15) is 32.9 Å². The van der Waals surface area contributed by atoms with Crippen molar-refractivity contribution in [1.82, 2.24) is 20.0 Å². The first-order valence-electron chi connectivity index (χ1n) is 10.1. The van der Waals surface area contributed by atoms with Crippen molar-refractivity contribution in [3.63, 3.8) is 0 Å². The second kappa shape index (κ2) is 9.18. The number of halogens is 1. The second-order valence-corrected chi connectivity index (χ2v) is 7.90. The van der Waals surface area contributed by atoms with E-state index in [4.69, 9.17) is 11.6 Å². The van der Waals surface area contributed by atoms with Gasteiger partial charge < -0.3 is 10.2 Å². The minimum Gasteiger partial charge on any atom is -0.347 e. The summed E-state index contributed by atoms with van der Waals surface area (Å²) in [5.41, 5.74) is 4.09. The number of aryl methyl sites for hydroxylation is 1. The number of nitrogens with one attached hydrogen (secondary N) is 1. The average Bonchev–Trinajstić information content (AvgIpc) is 3.13. The molecule has 0 saturated carbocycles. The zero-order chi connectivity index (χ0) is 21.8. The largest absolute Gasteiger partial charge is 0.347 e. The number of aromatic nitrogens is 2. The van der Waals surface area contributed by atoms with Crippen molar-refractivity contribution in [3.8, 4) is 0 Å². The van der Waals surface area contributed by atoms with E-state index in [0.29, 0.717) is 36.8 Å². The summed E-state index contributed by atoms with van der Waals surface area (Å²) in [6.07, 6.45) is 4.05. The molecule has 0 spiro atoms. The van der Waals surface area contributed by atoms with E-state index in [1.54, 1.807) is 33.9 Å². The molecule has 0 bridgehead atoms. The van der Waals surface area contributed by atoms with E-state index in [9.17, 15) is 9.59 Å².